The Morgan fingerprint density at radius 2 is 1.88 bits per heavy atom. The highest BCUT2D eigenvalue weighted by atomic mass is 35.5. The number of hydrogen-bond donors (Lipinski definition) is 0. The lowest BCUT2D eigenvalue weighted by Crippen LogP contribution is -1.89. The van der Waals surface area contributed by atoms with E-state index in [9.17, 15) is 4.79 Å². The van der Waals surface area contributed by atoms with Crippen LogP contribution in [0.3, 0.4) is 0 Å². The summed E-state index contributed by atoms with van der Waals surface area (Å²) in [5, 5.41) is 3.37. The van der Waals surface area contributed by atoms with Crippen LogP contribution < -0.4 is 0 Å². The number of carbonyl (C=O) groups excluding carboxylic acids is 1. The quantitative estimate of drug-likeness (QED) is 0.746. The number of rotatable bonds is 3. The van der Waals surface area contributed by atoms with Crippen molar-refractivity contribution in [3.8, 4) is 0 Å². The molecule has 0 atom stereocenters. The predicted octanol–water partition coefficient (Wildman–Crippen LogP) is 4.28. The van der Waals surface area contributed by atoms with Crippen LogP contribution in [0.2, 0.25) is 10.0 Å². The first kappa shape index (κ1) is 11.4. The zero-order valence-corrected chi connectivity index (χ0v) is 10.1. The molecule has 2 rings (SSSR count). The highest BCUT2D eigenvalue weighted by molar-refractivity contribution is 6.37. The van der Waals surface area contributed by atoms with Crippen molar-refractivity contribution in [2.24, 2.45) is 0 Å². The fraction of sp³-hybridized carbons (Fsp3) is 0.154. The Kier molecular flexibility index (Phi) is 3.47. The number of carbonyl (C=O) groups is 1. The van der Waals surface area contributed by atoms with Crippen LogP contribution in [0, 0.1) is 0 Å². The van der Waals surface area contributed by atoms with Crippen molar-refractivity contribution in [1.82, 2.24) is 0 Å². The molecule has 16 heavy (non-hydrogen) atoms. The molecule has 0 heterocycles. The highest BCUT2D eigenvalue weighted by Gasteiger charge is 2.05. The molecule has 0 aliphatic carbocycles. The average molecular weight is 253 g/mol. The van der Waals surface area contributed by atoms with Gasteiger partial charge < -0.3 is 4.79 Å². The van der Waals surface area contributed by atoms with Crippen molar-refractivity contribution in [2.75, 3.05) is 0 Å². The summed E-state index contributed by atoms with van der Waals surface area (Å²) in [6.07, 6.45) is 2.19. The van der Waals surface area contributed by atoms with Crippen LogP contribution in [0.25, 0.3) is 10.8 Å². The van der Waals surface area contributed by atoms with Crippen molar-refractivity contribution < 1.29 is 4.79 Å². The maximum absolute atomic E-state index is 10.4. The van der Waals surface area contributed by atoms with E-state index >= 15 is 0 Å². The number of fused-ring (bicyclic) bond motifs is 1. The van der Waals surface area contributed by atoms with Gasteiger partial charge in [0.1, 0.15) is 6.29 Å². The lowest BCUT2D eigenvalue weighted by atomic mass is 10.0. The van der Waals surface area contributed by atoms with Gasteiger partial charge >= 0.3 is 0 Å². The summed E-state index contributed by atoms with van der Waals surface area (Å²) in [5.74, 6) is 0. The van der Waals surface area contributed by atoms with Gasteiger partial charge in [-0.05, 0) is 35.6 Å². The summed E-state index contributed by atoms with van der Waals surface area (Å²) in [6, 6.07) is 9.44. The van der Waals surface area contributed by atoms with Crippen LogP contribution in [-0.2, 0) is 11.2 Å². The number of aryl methyl sites for hydroxylation is 1. The second-order valence-corrected chi connectivity index (χ2v) is 4.45. The molecule has 0 unspecified atom stereocenters. The fourth-order valence-corrected chi connectivity index (χ4v) is 2.17. The summed E-state index contributed by atoms with van der Waals surface area (Å²) in [5.41, 5.74) is 1.13. The molecule has 0 N–H and O–H groups in total. The molecule has 0 fully saturated rings. The summed E-state index contributed by atoms with van der Waals surface area (Å²) >= 11 is 12.0. The molecule has 0 saturated heterocycles. The maximum Gasteiger partial charge on any atom is 0.120 e. The van der Waals surface area contributed by atoms with E-state index in [2.05, 4.69) is 0 Å². The van der Waals surface area contributed by atoms with Crippen molar-refractivity contribution in [3.63, 3.8) is 0 Å². The van der Waals surface area contributed by atoms with E-state index in [1.807, 2.05) is 30.3 Å². The molecule has 0 bridgehead atoms. The van der Waals surface area contributed by atoms with Crippen LogP contribution in [0.1, 0.15) is 12.0 Å². The highest BCUT2D eigenvalue weighted by Crippen LogP contribution is 2.29. The second kappa shape index (κ2) is 4.86. The van der Waals surface area contributed by atoms with Crippen LogP contribution in [0.5, 0.6) is 0 Å². The van der Waals surface area contributed by atoms with Gasteiger partial charge in [-0.2, -0.15) is 0 Å². The minimum atomic E-state index is 0.527. The van der Waals surface area contributed by atoms with E-state index in [-0.39, 0.29) is 0 Å². The van der Waals surface area contributed by atoms with Crippen molar-refractivity contribution in [1.29, 1.82) is 0 Å². The Morgan fingerprint density at radius 3 is 2.62 bits per heavy atom. The number of benzene rings is 2. The van der Waals surface area contributed by atoms with E-state index in [1.54, 1.807) is 0 Å². The SMILES string of the molecule is O=CCCc1ccc(Cl)c2cc(Cl)ccc12. The standard InChI is InChI=1S/C13H10Cl2O/c14-10-4-5-11-9(2-1-7-16)3-6-13(15)12(11)8-10/h3-8H,1-2H2. The zero-order valence-electron chi connectivity index (χ0n) is 8.54. The van der Waals surface area contributed by atoms with Gasteiger partial charge in [-0.3, -0.25) is 0 Å². The first-order valence-electron chi connectivity index (χ1n) is 5.02. The molecule has 0 radical (unpaired) electrons. The van der Waals surface area contributed by atoms with Crippen molar-refractivity contribution >= 4 is 40.3 Å². The average Bonchev–Trinajstić information content (AvgIpc) is 2.29. The van der Waals surface area contributed by atoms with Gasteiger partial charge in [0.25, 0.3) is 0 Å². The third-order valence-corrected chi connectivity index (χ3v) is 3.11. The summed E-state index contributed by atoms with van der Waals surface area (Å²) in [4.78, 5) is 10.4. The van der Waals surface area contributed by atoms with E-state index in [4.69, 9.17) is 23.2 Å². The summed E-state index contributed by atoms with van der Waals surface area (Å²) in [7, 11) is 0. The number of hydrogen-bond acceptors (Lipinski definition) is 1. The number of aldehydes is 1. The van der Waals surface area contributed by atoms with Crippen LogP contribution in [0.4, 0.5) is 0 Å². The molecule has 82 valence electrons. The van der Waals surface area contributed by atoms with E-state index in [1.165, 1.54) is 0 Å². The van der Waals surface area contributed by atoms with Crippen LogP contribution in [-0.4, -0.2) is 6.29 Å². The van der Waals surface area contributed by atoms with Crippen molar-refractivity contribution in [2.45, 2.75) is 12.8 Å². The van der Waals surface area contributed by atoms with Gasteiger partial charge in [-0.1, -0.05) is 35.3 Å². The molecule has 0 aliphatic rings. The molecule has 2 aromatic carbocycles. The Labute approximate surface area is 104 Å². The summed E-state index contributed by atoms with van der Waals surface area (Å²) < 4.78 is 0. The zero-order chi connectivity index (χ0) is 11.5. The lowest BCUT2D eigenvalue weighted by molar-refractivity contribution is -0.107. The molecule has 2 aromatic rings. The van der Waals surface area contributed by atoms with E-state index in [0.717, 1.165) is 29.0 Å². The second-order valence-electron chi connectivity index (χ2n) is 3.60. The minimum absolute atomic E-state index is 0.527. The summed E-state index contributed by atoms with van der Waals surface area (Å²) in [6.45, 7) is 0. The Bertz CT molecular complexity index is 535. The van der Waals surface area contributed by atoms with Crippen LogP contribution >= 0.6 is 23.2 Å². The largest absolute Gasteiger partial charge is 0.303 e. The Hall–Kier alpha value is -1.05. The first-order chi connectivity index (χ1) is 7.72. The molecule has 0 aliphatic heterocycles. The third kappa shape index (κ3) is 2.21. The maximum atomic E-state index is 10.4. The van der Waals surface area contributed by atoms with E-state index < -0.39 is 0 Å². The Morgan fingerprint density at radius 1 is 1.06 bits per heavy atom. The topological polar surface area (TPSA) is 17.1 Å². The van der Waals surface area contributed by atoms with Crippen molar-refractivity contribution in [3.05, 3.63) is 45.9 Å². The van der Waals surface area contributed by atoms with E-state index in [0.29, 0.717) is 16.5 Å². The number of halogens is 2. The first-order valence-corrected chi connectivity index (χ1v) is 5.78. The molecule has 0 spiro atoms. The van der Waals surface area contributed by atoms with Gasteiger partial charge in [-0.15, -0.1) is 0 Å². The monoisotopic (exact) mass is 252 g/mol. The third-order valence-electron chi connectivity index (χ3n) is 2.55. The normalized spacial score (nSPS) is 10.6. The van der Waals surface area contributed by atoms with Gasteiger partial charge in [0.05, 0.1) is 0 Å². The molecule has 0 aromatic heterocycles. The van der Waals surface area contributed by atoms with Gasteiger partial charge in [-0.25, -0.2) is 0 Å². The molecule has 0 amide bonds. The fourth-order valence-electron chi connectivity index (χ4n) is 1.78. The molecule has 0 saturated carbocycles. The molecule has 1 nitrogen and oxygen atoms in total. The smallest absolute Gasteiger partial charge is 0.120 e. The van der Waals surface area contributed by atoms with Gasteiger partial charge in [0.15, 0.2) is 0 Å². The molecule has 3 heteroatoms. The van der Waals surface area contributed by atoms with Crippen LogP contribution in [0.15, 0.2) is 30.3 Å². The predicted molar refractivity (Wildman–Crippen MR) is 68.4 cm³/mol. The van der Waals surface area contributed by atoms with Gasteiger partial charge in [0.2, 0.25) is 0 Å². The van der Waals surface area contributed by atoms with Gasteiger partial charge in [0, 0.05) is 21.9 Å². The lowest BCUT2D eigenvalue weighted by Gasteiger charge is -2.07. The molecular formula is C13H10Cl2O. The molecular weight excluding hydrogens is 243 g/mol. The minimum Gasteiger partial charge on any atom is -0.303 e. The Balaban J connectivity index is 2.59.